The van der Waals surface area contributed by atoms with Crippen molar-refractivity contribution in [1.29, 1.82) is 0 Å². The van der Waals surface area contributed by atoms with Crippen molar-refractivity contribution in [3.63, 3.8) is 0 Å². The maximum atomic E-state index is 13.1. The molecule has 4 rings (SSSR count). The summed E-state index contributed by atoms with van der Waals surface area (Å²) in [6, 6.07) is 13.0. The molecule has 2 aromatic carbocycles. The van der Waals surface area contributed by atoms with Gasteiger partial charge in [-0.15, -0.1) is 0 Å². The predicted octanol–water partition coefficient (Wildman–Crippen LogP) is 4.50. The molecule has 0 aliphatic carbocycles. The van der Waals surface area contributed by atoms with E-state index in [1.54, 1.807) is 38.1 Å². The monoisotopic (exact) mass is 448 g/mol. The Labute approximate surface area is 184 Å². The Morgan fingerprint density at radius 2 is 1.65 bits per heavy atom. The molecule has 6 nitrogen and oxygen atoms in total. The van der Waals surface area contributed by atoms with Gasteiger partial charge < -0.3 is 23.7 Å². The summed E-state index contributed by atoms with van der Waals surface area (Å²) >= 11 is 5.94. The van der Waals surface area contributed by atoms with Crippen LogP contribution in [0, 0.1) is 5.82 Å². The van der Waals surface area contributed by atoms with Crippen LogP contribution in [0.15, 0.2) is 60.0 Å². The molecule has 2 aromatic rings. The van der Waals surface area contributed by atoms with Gasteiger partial charge in [0.25, 0.3) is 0 Å². The van der Waals surface area contributed by atoms with Gasteiger partial charge >= 0.3 is 5.97 Å². The Hall–Kier alpha value is -2.61. The molecule has 0 amide bonds. The van der Waals surface area contributed by atoms with E-state index in [0.717, 1.165) is 5.56 Å². The Morgan fingerprint density at radius 1 is 1.03 bits per heavy atom. The zero-order valence-corrected chi connectivity index (χ0v) is 17.9. The molecule has 0 aromatic heterocycles. The molecule has 1 fully saturated rings. The Morgan fingerprint density at radius 3 is 2.26 bits per heavy atom. The predicted molar refractivity (Wildman–Crippen MR) is 109 cm³/mol. The second-order valence-corrected chi connectivity index (χ2v) is 8.15. The molecular formula is C23H22ClFO6. The number of rotatable bonds is 7. The van der Waals surface area contributed by atoms with Crippen molar-refractivity contribution in [3.8, 4) is 0 Å². The number of cyclic esters (lactones) is 1. The first-order chi connectivity index (χ1) is 14.8. The minimum atomic E-state index is -0.801. The summed E-state index contributed by atoms with van der Waals surface area (Å²) in [7, 11) is 0. The minimum absolute atomic E-state index is 0.0309. The van der Waals surface area contributed by atoms with Gasteiger partial charge in [-0.1, -0.05) is 35.9 Å². The molecule has 8 heteroatoms. The molecule has 2 atom stereocenters. The third-order valence-electron chi connectivity index (χ3n) is 4.87. The van der Waals surface area contributed by atoms with E-state index in [9.17, 15) is 9.18 Å². The fourth-order valence-electron chi connectivity index (χ4n) is 3.32. The second-order valence-electron chi connectivity index (χ2n) is 7.72. The fourth-order valence-corrected chi connectivity index (χ4v) is 3.44. The van der Waals surface area contributed by atoms with Gasteiger partial charge in [0.1, 0.15) is 25.1 Å². The van der Waals surface area contributed by atoms with Gasteiger partial charge in [0.05, 0.1) is 6.61 Å². The van der Waals surface area contributed by atoms with E-state index in [-0.39, 0.29) is 37.2 Å². The van der Waals surface area contributed by atoms with Crippen LogP contribution in [-0.2, 0) is 41.7 Å². The third-order valence-corrected chi connectivity index (χ3v) is 5.13. The van der Waals surface area contributed by atoms with E-state index in [2.05, 4.69) is 0 Å². The van der Waals surface area contributed by atoms with E-state index in [4.69, 9.17) is 35.3 Å². The average molecular weight is 449 g/mol. The number of esters is 1. The lowest BCUT2D eigenvalue weighted by Gasteiger charge is -2.22. The molecule has 2 heterocycles. The number of benzene rings is 2. The van der Waals surface area contributed by atoms with Crippen LogP contribution in [0.1, 0.15) is 25.0 Å². The highest BCUT2D eigenvalue weighted by molar-refractivity contribution is 6.30. The van der Waals surface area contributed by atoms with Crippen LogP contribution in [0.2, 0.25) is 5.02 Å². The van der Waals surface area contributed by atoms with E-state index in [1.807, 2.05) is 12.1 Å². The SMILES string of the molecule is CC1(C)OC[C@@H]([C@H]2OC(=O)C(OCc3ccc(F)cc3)=C2OCc2ccc(Cl)cc2)O1. The number of hydrogen-bond donors (Lipinski definition) is 0. The van der Waals surface area contributed by atoms with Crippen molar-refractivity contribution in [2.24, 2.45) is 0 Å². The van der Waals surface area contributed by atoms with Crippen LogP contribution >= 0.6 is 11.6 Å². The minimum Gasteiger partial charge on any atom is -0.485 e. The van der Waals surface area contributed by atoms with E-state index in [1.165, 1.54) is 12.1 Å². The summed E-state index contributed by atoms with van der Waals surface area (Å²) in [4.78, 5) is 12.6. The standard InChI is InChI=1S/C23H22ClFO6/c1-23(2)29-13-18(31-23)19-20(27-11-14-3-7-16(24)8-4-14)21(22(26)30-19)28-12-15-5-9-17(25)10-6-15/h3-10,18-19H,11-13H2,1-2H3/t18-,19+/m0/s1. The lowest BCUT2D eigenvalue weighted by molar-refractivity contribution is -0.164. The number of halogens is 2. The normalized spacial score (nSPS) is 22.5. The molecule has 2 aliphatic rings. The maximum Gasteiger partial charge on any atom is 0.378 e. The topological polar surface area (TPSA) is 63.2 Å². The maximum absolute atomic E-state index is 13.1. The molecule has 0 saturated carbocycles. The number of carbonyl (C=O) groups excluding carboxylic acids is 1. The number of hydrogen-bond acceptors (Lipinski definition) is 6. The highest BCUT2D eigenvalue weighted by atomic mass is 35.5. The van der Waals surface area contributed by atoms with Crippen molar-refractivity contribution in [2.45, 2.75) is 45.1 Å². The molecule has 31 heavy (non-hydrogen) atoms. The van der Waals surface area contributed by atoms with E-state index >= 15 is 0 Å². The lowest BCUT2D eigenvalue weighted by Crippen LogP contribution is -2.33. The van der Waals surface area contributed by atoms with Gasteiger partial charge in [-0.25, -0.2) is 9.18 Å². The molecular weight excluding hydrogens is 427 g/mol. The highest BCUT2D eigenvalue weighted by Crippen LogP contribution is 2.35. The van der Waals surface area contributed by atoms with Crippen LogP contribution in [-0.4, -0.2) is 30.6 Å². The van der Waals surface area contributed by atoms with Crippen LogP contribution in [0.4, 0.5) is 4.39 Å². The van der Waals surface area contributed by atoms with Crippen LogP contribution in [0.3, 0.4) is 0 Å². The van der Waals surface area contributed by atoms with Crippen molar-refractivity contribution in [3.05, 3.63) is 82.0 Å². The summed E-state index contributed by atoms with van der Waals surface area (Å²) < 4.78 is 41.9. The van der Waals surface area contributed by atoms with Gasteiger partial charge in [-0.3, -0.25) is 0 Å². The van der Waals surface area contributed by atoms with Crippen molar-refractivity contribution >= 4 is 17.6 Å². The zero-order valence-electron chi connectivity index (χ0n) is 17.1. The molecule has 0 unspecified atom stereocenters. The summed E-state index contributed by atoms with van der Waals surface area (Å²) in [5, 5.41) is 0.613. The van der Waals surface area contributed by atoms with Gasteiger partial charge in [-0.2, -0.15) is 0 Å². The zero-order chi connectivity index (χ0) is 22.0. The quantitative estimate of drug-likeness (QED) is 0.581. The number of carbonyl (C=O) groups is 1. The molecule has 0 spiro atoms. The summed E-state index contributed by atoms with van der Waals surface area (Å²) in [5.41, 5.74) is 1.56. The van der Waals surface area contributed by atoms with Gasteiger partial charge in [0.2, 0.25) is 5.76 Å². The van der Waals surface area contributed by atoms with Gasteiger partial charge in [-0.05, 0) is 49.2 Å². The van der Waals surface area contributed by atoms with Gasteiger partial charge in [0, 0.05) is 5.02 Å². The van der Waals surface area contributed by atoms with Crippen LogP contribution in [0.25, 0.3) is 0 Å². The average Bonchev–Trinajstić information content (AvgIpc) is 3.26. The molecule has 0 bridgehead atoms. The van der Waals surface area contributed by atoms with Crippen molar-refractivity contribution in [1.82, 2.24) is 0 Å². The van der Waals surface area contributed by atoms with E-state index in [0.29, 0.717) is 10.6 Å². The lowest BCUT2D eigenvalue weighted by atomic mass is 10.1. The van der Waals surface area contributed by atoms with E-state index < -0.39 is 24.0 Å². The highest BCUT2D eigenvalue weighted by Gasteiger charge is 2.48. The largest absolute Gasteiger partial charge is 0.485 e. The molecule has 1 saturated heterocycles. The van der Waals surface area contributed by atoms with Crippen LogP contribution < -0.4 is 0 Å². The number of ether oxygens (including phenoxy) is 5. The molecule has 0 radical (unpaired) electrons. The first kappa shape index (κ1) is 21.6. The fraction of sp³-hybridized carbons (Fsp3) is 0.348. The third kappa shape index (κ3) is 5.18. The van der Waals surface area contributed by atoms with Crippen LogP contribution in [0.5, 0.6) is 0 Å². The van der Waals surface area contributed by atoms with Crippen molar-refractivity contribution < 1.29 is 32.9 Å². The molecule has 164 valence electrons. The smallest absolute Gasteiger partial charge is 0.378 e. The Bertz CT molecular complexity index is 971. The summed E-state index contributed by atoms with van der Waals surface area (Å²) in [6.07, 6.45) is -1.34. The second kappa shape index (κ2) is 8.86. The summed E-state index contributed by atoms with van der Waals surface area (Å²) in [5.74, 6) is -1.58. The first-order valence-electron chi connectivity index (χ1n) is 9.82. The van der Waals surface area contributed by atoms with Crippen molar-refractivity contribution in [2.75, 3.05) is 6.61 Å². The molecule has 0 N–H and O–H groups in total. The van der Waals surface area contributed by atoms with Gasteiger partial charge in [0.15, 0.2) is 17.7 Å². The Kier molecular flexibility index (Phi) is 6.18. The summed E-state index contributed by atoms with van der Waals surface area (Å²) in [6.45, 7) is 4.05. The first-order valence-corrected chi connectivity index (χ1v) is 10.2. The Balaban J connectivity index is 1.55. The molecule has 2 aliphatic heterocycles.